The van der Waals surface area contributed by atoms with Crippen LogP contribution in [-0.2, 0) is 4.79 Å². The number of hydrogen-bond donors (Lipinski definition) is 2. The third-order valence-electron chi connectivity index (χ3n) is 3.67. The fourth-order valence-corrected chi connectivity index (χ4v) is 2.23. The summed E-state index contributed by atoms with van der Waals surface area (Å²) in [6.07, 6.45) is 0.163. The van der Waals surface area contributed by atoms with Crippen molar-refractivity contribution in [3.8, 4) is 5.75 Å². The summed E-state index contributed by atoms with van der Waals surface area (Å²) in [5.41, 5.74) is 2.03. The van der Waals surface area contributed by atoms with Gasteiger partial charge in [-0.25, -0.2) is 0 Å². The van der Waals surface area contributed by atoms with E-state index >= 15 is 0 Å². The zero-order valence-corrected chi connectivity index (χ0v) is 14.8. The number of amides is 2. The SMILES string of the molecule is CCCNC(=O)c1ccccc1NC(=O)C(C)Oc1ccc(C)cc1. The Morgan fingerprint density at radius 2 is 1.76 bits per heavy atom. The van der Waals surface area contributed by atoms with Crippen molar-refractivity contribution in [3.63, 3.8) is 0 Å². The van der Waals surface area contributed by atoms with Gasteiger partial charge in [0.1, 0.15) is 5.75 Å². The number of rotatable bonds is 7. The van der Waals surface area contributed by atoms with Crippen LogP contribution < -0.4 is 15.4 Å². The molecular formula is C20H24N2O3. The number of ether oxygens (including phenoxy) is 1. The zero-order chi connectivity index (χ0) is 18.2. The summed E-state index contributed by atoms with van der Waals surface area (Å²) >= 11 is 0. The molecule has 2 N–H and O–H groups in total. The van der Waals surface area contributed by atoms with Gasteiger partial charge < -0.3 is 15.4 Å². The highest BCUT2D eigenvalue weighted by Crippen LogP contribution is 2.17. The maximum atomic E-state index is 12.4. The van der Waals surface area contributed by atoms with Crippen molar-refractivity contribution < 1.29 is 14.3 Å². The third-order valence-corrected chi connectivity index (χ3v) is 3.67. The van der Waals surface area contributed by atoms with Crippen LogP contribution in [0.25, 0.3) is 0 Å². The van der Waals surface area contributed by atoms with Crippen molar-refractivity contribution in [2.45, 2.75) is 33.3 Å². The Balaban J connectivity index is 2.04. The van der Waals surface area contributed by atoms with Gasteiger partial charge in [-0.2, -0.15) is 0 Å². The minimum absolute atomic E-state index is 0.204. The average Bonchev–Trinajstić information content (AvgIpc) is 2.62. The van der Waals surface area contributed by atoms with Crippen LogP contribution in [0.4, 0.5) is 5.69 Å². The number of carbonyl (C=O) groups is 2. The molecule has 0 radical (unpaired) electrons. The normalized spacial score (nSPS) is 11.5. The van der Waals surface area contributed by atoms with Crippen molar-refractivity contribution >= 4 is 17.5 Å². The molecule has 2 aromatic carbocycles. The molecule has 5 nitrogen and oxygen atoms in total. The smallest absolute Gasteiger partial charge is 0.265 e. The summed E-state index contributed by atoms with van der Waals surface area (Å²) in [6.45, 7) is 6.24. The molecule has 25 heavy (non-hydrogen) atoms. The molecule has 0 bridgehead atoms. The first kappa shape index (κ1) is 18.5. The largest absolute Gasteiger partial charge is 0.481 e. The average molecular weight is 340 g/mol. The predicted molar refractivity (Wildman–Crippen MR) is 99.0 cm³/mol. The summed E-state index contributed by atoms with van der Waals surface area (Å²) in [6, 6.07) is 14.4. The van der Waals surface area contributed by atoms with Gasteiger partial charge in [0.05, 0.1) is 11.3 Å². The molecular weight excluding hydrogens is 316 g/mol. The fraction of sp³-hybridized carbons (Fsp3) is 0.300. The van der Waals surface area contributed by atoms with E-state index in [0.29, 0.717) is 23.5 Å². The molecule has 0 aliphatic carbocycles. The lowest BCUT2D eigenvalue weighted by molar-refractivity contribution is -0.122. The number of anilines is 1. The van der Waals surface area contributed by atoms with Crippen molar-refractivity contribution in [3.05, 3.63) is 59.7 Å². The zero-order valence-electron chi connectivity index (χ0n) is 14.8. The molecule has 0 spiro atoms. The molecule has 1 atom stereocenters. The summed E-state index contributed by atoms with van der Waals surface area (Å²) in [5, 5.41) is 5.59. The third kappa shape index (κ3) is 5.35. The standard InChI is InChI=1S/C20H24N2O3/c1-4-13-21-20(24)17-7-5-6-8-18(17)22-19(23)15(3)25-16-11-9-14(2)10-12-16/h5-12,15H,4,13H2,1-3H3,(H,21,24)(H,22,23). The van der Waals surface area contributed by atoms with E-state index in [9.17, 15) is 9.59 Å². The fourth-order valence-electron chi connectivity index (χ4n) is 2.23. The molecule has 1 unspecified atom stereocenters. The number of nitrogens with one attached hydrogen (secondary N) is 2. The molecule has 2 amide bonds. The molecule has 0 saturated heterocycles. The number of para-hydroxylation sites is 1. The lowest BCUT2D eigenvalue weighted by Crippen LogP contribution is -2.31. The maximum Gasteiger partial charge on any atom is 0.265 e. The van der Waals surface area contributed by atoms with E-state index in [1.807, 2.05) is 38.1 Å². The van der Waals surface area contributed by atoms with E-state index in [0.717, 1.165) is 12.0 Å². The Hall–Kier alpha value is -2.82. The second-order valence-electron chi connectivity index (χ2n) is 5.86. The van der Waals surface area contributed by atoms with Gasteiger partial charge in [0, 0.05) is 6.54 Å². The van der Waals surface area contributed by atoms with Crippen LogP contribution in [0.1, 0.15) is 36.2 Å². The van der Waals surface area contributed by atoms with E-state index in [1.54, 1.807) is 31.2 Å². The monoisotopic (exact) mass is 340 g/mol. The van der Waals surface area contributed by atoms with E-state index in [-0.39, 0.29) is 11.8 Å². The van der Waals surface area contributed by atoms with Crippen LogP contribution >= 0.6 is 0 Å². The molecule has 5 heteroatoms. The quantitative estimate of drug-likeness (QED) is 0.810. The Morgan fingerprint density at radius 3 is 2.44 bits per heavy atom. The first-order valence-corrected chi connectivity index (χ1v) is 8.42. The Morgan fingerprint density at radius 1 is 1.08 bits per heavy atom. The van der Waals surface area contributed by atoms with E-state index in [2.05, 4.69) is 10.6 Å². The minimum Gasteiger partial charge on any atom is -0.481 e. The molecule has 0 fully saturated rings. The van der Waals surface area contributed by atoms with Gasteiger partial charge in [0.25, 0.3) is 11.8 Å². The molecule has 2 rings (SSSR count). The molecule has 132 valence electrons. The number of aryl methyl sites for hydroxylation is 1. The van der Waals surface area contributed by atoms with Crippen LogP contribution in [0.3, 0.4) is 0 Å². The first-order valence-electron chi connectivity index (χ1n) is 8.42. The minimum atomic E-state index is -0.686. The lowest BCUT2D eigenvalue weighted by atomic mass is 10.1. The van der Waals surface area contributed by atoms with E-state index in [4.69, 9.17) is 4.74 Å². The lowest BCUT2D eigenvalue weighted by Gasteiger charge is -2.16. The first-order chi connectivity index (χ1) is 12.0. The summed E-state index contributed by atoms with van der Waals surface area (Å²) < 4.78 is 5.66. The van der Waals surface area contributed by atoms with Crippen LogP contribution in [0, 0.1) is 6.92 Å². The van der Waals surface area contributed by atoms with E-state index in [1.165, 1.54) is 0 Å². The van der Waals surface area contributed by atoms with Gasteiger partial charge in [-0.15, -0.1) is 0 Å². The molecule has 0 aromatic heterocycles. The molecule has 0 heterocycles. The van der Waals surface area contributed by atoms with Gasteiger partial charge in [-0.3, -0.25) is 9.59 Å². The highest BCUT2D eigenvalue weighted by atomic mass is 16.5. The van der Waals surface area contributed by atoms with Gasteiger partial charge in [0.2, 0.25) is 0 Å². The number of hydrogen-bond acceptors (Lipinski definition) is 3. The summed E-state index contributed by atoms with van der Waals surface area (Å²) in [4.78, 5) is 24.6. The Labute approximate surface area is 148 Å². The maximum absolute atomic E-state index is 12.4. The van der Waals surface area contributed by atoms with Gasteiger partial charge in [0.15, 0.2) is 6.10 Å². The topological polar surface area (TPSA) is 67.4 Å². The van der Waals surface area contributed by atoms with E-state index < -0.39 is 6.10 Å². The number of carbonyl (C=O) groups excluding carboxylic acids is 2. The van der Waals surface area contributed by atoms with Crippen LogP contribution in [0.15, 0.2) is 48.5 Å². The van der Waals surface area contributed by atoms with Gasteiger partial charge in [-0.05, 0) is 44.5 Å². The molecule has 0 aliphatic rings. The summed E-state index contributed by atoms with van der Waals surface area (Å²) in [7, 11) is 0. The van der Waals surface area contributed by atoms with Gasteiger partial charge >= 0.3 is 0 Å². The highest BCUT2D eigenvalue weighted by molar-refractivity contribution is 6.04. The predicted octanol–water partition coefficient (Wildman–Crippen LogP) is 3.54. The summed E-state index contributed by atoms with van der Waals surface area (Å²) in [5.74, 6) is 0.114. The highest BCUT2D eigenvalue weighted by Gasteiger charge is 2.18. The van der Waals surface area contributed by atoms with Crippen LogP contribution in [0.2, 0.25) is 0 Å². The van der Waals surface area contributed by atoms with Crippen molar-refractivity contribution in [2.24, 2.45) is 0 Å². The molecule has 2 aromatic rings. The second kappa shape index (κ2) is 8.87. The number of benzene rings is 2. The second-order valence-corrected chi connectivity index (χ2v) is 5.86. The molecule has 0 saturated carbocycles. The van der Waals surface area contributed by atoms with Crippen molar-refractivity contribution in [1.82, 2.24) is 5.32 Å². The van der Waals surface area contributed by atoms with Crippen molar-refractivity contribution in [2.75, 3.05) is 11.9 Å². The molecule has 0 aliphatic heterocycles. The van der Waals surface area contributed by atoms with Crippen molar-refractivity contribution in [1.29, 1.82) is 0 Å². The Kier molecular flexibility index (Phi) is 6.57. The van der Waals surface area contributed by atoms with Crippen LogP contribution in [0.5, 0.6) is 5.75 Å². The van der Waals surface area contributed by atoms with Crippen LogP contribution in [-0.4, -0.2) is 24.5 Å². The Bertz CT molecular complexity index is 726. The van der Waals surface area contributed by atoms with Gasteiger partial charge in [-0.1, -0.05) is 36.8 Å².